The Morgan fingerprint density at radius 3 is 0.957 bits per heavy atom. The van der Waals surface area contributed by atoms with Crippen molar-refractivity contribution in [2.45, 2.75) is 219 Å². The minimum absolute atomic E-state index is 0.127. The molecule has 0 unspecified atom stereocenters. The van der Waals surface area contributed by atoms with Crippen LogP contribution in [0.2, 0.25) is 0 Å². The van der Waals surface area contributed by atoms with Gasteiger partial charge in [0.25, 0.3) is 0 Å². The van der Waals surface area contributed by atoms with Crippen LogP contribution in [0, 0.1) is 0 Å². The molecule has 0 aliphatic heterocycles. The first-order valence-corrected chi connectivity index (χ1v) is 27.3. The molecule has 0 aliphatic carbocycles. The van der Waals surface area contributed by atoms with Crippen LogP contribution in [0.1, 0.15) is 213 Å². The van der Waals surface area contributed by atoms with E-state index < -0.39 is 6.10 Å². The molecule has 0 amide bonds. The van der Waals surface area contributed by atoms with Crippen molar-refractivity contribution in [2.75, 3.05) is 13.2 Å². The number of carbonyl (C=O) groups is 3. The van der Waals surface area contributed by atoms with E-state index in [4.69, 9.17) is 14.2 Å². The maximum absolute atomic E-state index is 12.8. The van der Waals surface area contributed by atoms with Crippen LogP contribution >= 0.6 is 0 Å². The molecule has 0 fully saturated rings. The Balaban J connectivity index is 4.59. The molecule has 0 aromatic heterocycles. The van der Waals surface area contributed by atoms with Gasteiger partial charge in [0.2, 0.25) is 0 Å². The van der Waals surface area contributed by atoms with Gasteiger partial charge in [0.05, 0.1) is 0 Å². The summed E-state index contributed by atoms with van der Waals surface area (Å²) in [5, 5.41) is 0. The number of carbonyl (C=O) groups excluding carboxylic acids is 3. The summed E-state index contributed by atoms with van der Waals surface area (Å²) >= 11 is 0. The van der Waals surface area contributed by atoms with E-state index in [0.29, 0.717) is 19.3 Å². The normalized spacial score (nSPS) is 13.3. The molecule has 0 N–H and O–H groups in total. The van der Waals surface area contributed by atoms with Crippen molar-refractivity contribution in [1.29, 1.82) is 0 Å². The zero-order valence-electron chi connectivity index (χ0n) is 44.0. The van der Waals surface area contributed by atoms with Crippen LogP contribution in [0.4, 0.5) is 0 Å². The Morgan fingerprint density at radius 2 is 0.580 bits per heavy atom. The lowest BCUT2D eigenvalue weighted by Gasteiger charge is -2.18. The van der Waals surface area contributed by atoms with Gasteiger partial charge in [-0.1, -0.05) is 205 Å². The third-order valence-electron chi connectivity index (χ3n) is 10.8. The zero-order chi connectivity index (χ0) is 50.0. The van der Waals surface area contributed by atoms with Gasteiger partial charge in [-0.2, -0.15) is 0 Å². The van der Waals surface area contributed by atoms with Crippen LogP contribution in [0.15, 0.2) is 146 Å². The Hall–Kier alpha value is -4.71. The molecule has 0 saturated carbocycles. The van der Waals surface area contributed by atoms with Crippen LogP contribution in [-0.4, -0.2) is 37.2 Å². The molecule has 1 atom stereocenters. The van der Waals surface area contributed by atoms with Crippen molar-refractivity contribution in [1.82, 2.24) is 0 Å². The maximum Gasteiger partial charge on any atom is 0.306 e. The van der Waals surface area contributed by atoms with Gasteiger partial charge in [-0.25, -0.2) is 0 Å². The Labute approximate surface area is 423 Å². The first-order valence-electron chi connectivity index (χ1n) is 27.3. The Bertz CT molecular complexity index is 1560. The molecule has 0 radical (unpaired) electrons. The lowest BCUT2D eigenvalue weighted by atomic mass is 10.1. The predicted molar refractivity (Wildman–Crippen MR) is 297 cm³/mol. The molecular weight excluding hydrogens is 853 g/mol. The van der Waals surface area contributed by atoms with Crippen LogP contribution in [0.3, 0.4) is 0 Å². The number of esters is 3. The summed E-state index contributed by atoms with van der Waals surface area (Å²) in [5.74, 6) is -1.05. The smallest absolute Gasteiger partial charge is 0.306 e. The molecule has 0 aliphatic rings. The van der Waals surface area contributed by atoms with Gasteiger partial charge in [-0.15, -0.1) is 0 Å². The van der Waals surface area contributed by atoms with Gasteiger partial charge in [0, 0.05) is 19.3 Å². The summed E-state index contributed by atoms with van der Waals surface area (Å²) < 4.78 is 16.7. The van der Waals surface area contributed by atoms with Gasteiger partial charge >= 0.3 is 17.9 Å². The van der Waals surface area contributed by atoms with Gasteiger partial charge < -0.3 is 14.2 Å². The third kappa shape index (κ3) is 54.1. The van der Waals surface area contributed by atoms with Crippen LogP contribution in [0.25, 0.3) is 0 Å². The molecule has 0 rings (SSSR count). The second-order valence-corrected chi connectivity index (χ2v) is 17.4. The summed E-state index contributed by atoms with van der Waals surface area (Å²) in [4.78, 5) is 38.1. The minimum Gasteiger partial charge on any atom is -0.462 e. The number of rotatable bonds is 47. The highest BCUT2D eigenvalue weighted by molar-refractivity contribution is 5.71. The average molecular weight is 951 g/mol. The van der Waals surface area contributed by atoms with Crippen molar-refractivity contribution in [3.05, 3.63) is 146 Å². The zero-order valence-corrected chi connectivity index (χ0v) is 44.0. The fraction of sp³-hybridized carbons (Fsp3) is 0.571. The highest BCUT2D eigenvalue weighted by Crippen LogP contribution is 2.12. The van der Waals surface area contributed by atoms with E-state index >= 15 is 0 Å². The molecule has 6 heteroatoms. The van der Waals surface area contributed by atoms with E-state index in [1.807, 2.05) is 0 Å². The summed E-state index contributed by atoms with van der Waals surface area (Å²) in [6, 6.07) is 0. The van der Waals surface area contributed by atoms with E-state index in [9.17, 15) is 14.4 Å². The lowest BCUT2D eigenvalue weighted by molar-refractivity contribution is -0.167. The maximum atomic E-state index is 12.8. The number of hydrogen-bond donors (Lipinski definition) is 0. The fourth-order valence-electron chi connectivity index (χ4n) is 6.77. The fourth-order valence-corrected chi connectivity index (χ4v) is 6.77. The molecular formula is C63H98O6. The van der Waals surface area contributed by atoms with Crippen molar-refractivity contribution in [2.24, 2.45) is 0 Å². The molecule has 6 nitrogen and oxygen atoms in total. The van der Waals surface area contributed by atoms with E-state index in [0.717, 1.165) is 122 Å². The highest BCUT2D eigenvalue weighted by Gasteiger charge is 2.19. The first-order chi connectivity index (χ1) is 34.0. The van der Waals surface area contributed by atoms with E-state index in [-0.39, 0.29) is 44.0 Å². The average Bonchev–Trinajstić information content (AvgIpc) is 3.35. The number of ether oxygens (including phenoxy) is 3. The summed E-state index contributed by atoms with van der Waals surface area (Å²) in [7, 11) is 0. The summed E-state index contributed by atoms with van der Waals surface area (Å²) in [6.07, 6.45) is 79.8. The molecule has 0 spiro atoms. The third-order valence-corrected chi connectivity index (χ3v) is 10.8. The van der Waals surface area contributed by atoms with Gasteiger partial charge in [-0.05, 0) is 135 Å². The minimum atomic E-state index is -0.837. The largest absolute Gasteiger partial charge is 0.462 e. The molecule has 69 heavy (non-hydrogen) atoms. The summed E-state index contributed by atoms with van der Waals surface area (Å²) in [6.45, 7) is 6.27. The Morgan fingerprint density at radius 1 is 0.304 bits per heavy atom. The standard InChI is InChI=1S/C63H98O6/c1-4-7-10-13-16-19-22-25-28-30-31-33-35-38-41-44-47-50-53-56-62(65)68-59-60(58-67-61(64)55-52-49-46-43-40-37-34-27-24-21-18-15-12-9-6-3)69-63(66)57-54-51-48-45-42-39-36-32-29-26-23-20-17-14-11-8-5-2/h8-9,11-12,16-21,25-29,31,33-34,36,39-40,43,45,48,60H,4-7,10,13-15,22-24,30,32,35,37-38,41-42,44,46-47,49-59H2,1-3H3/b11-8-,12-9-,19-16-,20-17-,21-18-,28-25-,29-26-,33-31-,34-27-,39-36-,43-40-,48-45-/t60-/m1/s1. The molecule has 0 bridgehead atoms. The molecule has 0 heterocycles. The SMILES string of the molecule is CC/C=C\C/C=C\C/C=C\C/C=C\C/C=C\CCCC(=O)O[C@H](COC(=O)CCCC/C=C\C/C=C\C/C=C\C/C=C\CC)COC(=O)CCCCCCCC/C=C\C/C=C\C/C=C\CCCCC. The van der Waals surface area contributed by atoms with E-state index in [1.165, 1.54) is 38.5 Å². The number of hydrogen-bond acceptors (Lipinski definition) is 6. The molecule has 0 aromatic rings. The number of unbranched alkanes of at least 4 members (excludes halogenated alkanes) is 12. The van der Waals surface area contributed by atoms with Crippen LogP contribution in [0.5, 0.6) is 0 Å². The van der Waals surface area contributed by atoms with Crippen molar-refractivity contribution >= 4 is 17.9 Å². The quantitative estimate of drug-likeness (QED) is 0.0262. The molecule has 0 aromatic carbocycles. The van der Waals surface area contributed by atoms with Crippen molar-refractivity contribution < 1.29 is 28.6 Å². The molecule has 386 valence electrons. The van der Waals surface area contributed by atoms with Crippen LogP contribution < -0.4 is 0 Å². The summed E-state index contributed by atoms with van der Waals surface area (Å²) in [5.41, 5.74) is 0. The Kier molecular flexibility index (Phi) is 52.1. The van der Waals surface area contributed by atoms with E-state index in [1.54, 1.807) is 0 Å². The van der Waals surface area contributed by atoms with Crippen molar-refractivity contribution in [3.8, 4) is 0 Å². The van der Waals surface area contributed by atoms with Gasteiger partial charge in [-0.3, -0.25) is 14.4 Å². The van der Waals surface area contributed by atoms with E-state index in [2.05, 4.69) is 167 Å². The topological polar surface area (TPSA) is 78.9 Å². The second kappa shape index (κ2) is 55.9. The van der Waals surface area contributed by atoms with Gasteiger partial charge in [0.1, 0.15) is 13.2 Å². The first kappa shape index (κ1) is 64.3. The van der Waals surface area contributed by atoms with Gasteiger partial charge in [0.15, 0.2) is 6.10 Å². The van der Waals surface area contributed by atoms with Crippen molar-refractivity contribution in [3.63, 3.8) is 0 Å². The monoisotopic (exact) mass is 951 g/mol. The van der Waals surface area contributed by atoms with Crippen LogP contribution in [-0.2, 0) is 28.6 Å². The number of allylic oxidation sites excluding steroid dienone is 24. The second-order valence-electron chi connectivity index (χ2n) is 17.4. The highest BCUT2D eigenvalue weighted by atomic mass is 16.6. The lowest BCUT2D eigenvalue weighted by Crippen LogP contribution is -2.30. The predicted octanol–water partition coefficient (Wildman–Crippen LogP) is 18.4. The molecule has 0 saturated heterocycles.